The van der Waals surface area contributed by atoms with E-state index in [1.807, 2.05) is 6.92 Å². The van der Waals surface area contributed by atoms with Crippen molar-refractivity contribution >= 4 is 5.69 Å². The van der Waals surface area contributed by atoms with Crippen molar-refractivity contribution in [3.8, 4) is 17.2 Å². The number of nitro groups is 1. The fraction of sp³-hybridized carbons (Fsp3) is 0.333. The molecule has 2 aromatic rings. The van der Waals surface area contributed by atoms with Gasteiger partial charge in [0.15, 0.2) is 5.82 Å². The summed E-state index contributed by atoms with van der Waals surface area (Å²) in [6.07, 6.45) is 0. The summed E-state index contributed by atoms with van der Waals surface area (Å²) in [6.45, 7) is 2.28. The lowest BCUT2D eigenvalue weighted by molar-refractivity contribution is -0.384. The summed E-state index contributed by atoms with van der Waals surface area (Å²) >= 11 is 0. The molecule has 8 heteroatoms. The van der Waals surface area contributed by atoms with Crippen LogP contribution in [-0.2, 0) is 0 Å². The van der Waals surface area contributed by atoms with Gasteiger partial charge in [-0.1, -0.05) is 12.1 Å². The molecule has 1 atom stereocenters. The zero-order valence-electron chi connectivity index (χ0n) is 11.1. The first-order valence-corrected chi connectivity index (χ1v) is 5.93. The van der Waals surface area contributed by atoms with Gasteiger partial charge in [0.05, 0.1) is 23.7 Å². The van der Waals surface area contributed by atoms with E-state index in [4.69, 9.17) is 15.0 Å². The number of nitro benzene ring substituents is 1. The van der Waals surface area contributed by atoms with Crippen molar-refractivity contribution in [1.82, 2.24) is 10.1 Å². The number of rotatable bonds is 5. The van der Waals surface area contributed by atoms with Crippen LogP contribution in [0.2, 0.25) is 0 Å². The van der Waals surface area contributed by atoms with Crippen LogP contribution in [0.5, 0.6) is 5.75 Å². The number of nitrogens with two attached hydrogens (primary N) is 1. The Morgan fingerprint density at radius 3 is 2.90 bits per heavy atom. The Morgan fingerprint density at radius 2 is 2.30 bits per heavy atom. The molecule has 0 aliphatic carbocycles. The highest BCUT2D eigenvalue weighted by Crippen LogP contribution is 2.32. The van der Waals surface area contributed by atoms with Crippen LogP contribution in [0.1, 0.15) is 18.7 Å². The predicted molar refractivity (Wildman–Crippen MR) is 70.4 cm³/mol. The molecule has 1 aromatic carbocycles. The Bertz CT molecular complexity index is 626. The first-order valence-electron chi connectivity index (χ1n) is 5.93. The van der Waals surface area contributed by atoms with Crippen LogP contribution < -0.4 is 10.5 Å². The molecule has 20 heavy (non-hydrogen) atoms. The second-order valence-corrected chi connectivity index (χ2v) is 4.24. The van der Waals surface area contributed by atoms with E-state index in [9.17, 15) is 10.1 Å². The highest BCUT2D eigenvalue weighted by atomic mass is 16.6. The fourth-order valence-electron chi connectivity index (χ4n) is 1.62. The molecule has 106 valence electrons. The highest BCUT2D eigenvalue weighted by Gasteiger charge is 2.19. The van der Waals surface area contributed by atoms with E-state index in [-0.39, 0.29) is 17.5 Å². The van der Waals surface area contributed by atoms with E-state index in [1.54, 1.807) is 0 Å². The monoisotopic (exact) mass is 278 g/mol. The zero-order chi connectivity index (χ0) is 14.7. The van der Waals surface area contributed by atoms with Crippen LogP contribution in [0, 0.1) is 10.1 Å². The Labute approximate surface area is 114 Å². The van der Waals surface area contributed by atoms with Crippen molar-refractivity contribution in [2.75, 3.05) is 13.7 Å². The molecule has 2 rings (SSSR count). The van der Waals surface area contributed by atoms with E-state index < -0.39 is 4.92 Å². The van der Waals surface area contributed by atoms with Crippen LogP contribution in [0.4, 0.5) is 5.69 Å². The van der Waals surface area contributed by atoms with Crippen LogP contribution >= 0.6 is 0 Å². The van der Waals surface area contributed by atoms with E-state index in [0.29, 0.717) is 23.7 Å². The number of nitrogens with zero attached hydrogens (tertiary/aromatic N) is 3. The van der Waals surface area contributed by atoms with Crippen molar-refractivity contribution in [1.29, 1.82) is 0 Å². The van der Waals surface area contributed by atoms with Gasteiger partial charge >= 0.3 is 0 Å². The smallest absolute Gasteiger partial charge is 0.273 e. The largest absolute Gasteiger partial charge is 0.496 e. The molecule has 0 saturated carbocycles. The SMILES string of the molecule is COc1cc([N+](=O)[O-])ccc1-c1nc(C(C)CN)no1. The molecule has 0 saturated heterocycles. The summed E-state index contributed by atoms with van der Waals surface area (Å²) < 4.78 is 10.3. The fourth-order valence-corrected chi connectivity index (χ4v) is 1.62. The maximum atomic E-state index is 10.7. The van der Waals surface area contributed by atoms with Crippen LogP contribution in [0.25, 0.3) is 11.5 Å². The quantitative estimate of drug-likeness (QED) is 0.653. The average molecular weight is 278 g/mol. The first-order chi connectivity index (χ1) is 9.56. The predicted octanol–water partition coefficient (Wildman–Crippen LogP) is 1.72. The van der Waals surface area contributed by atoms with Gasteiger partial charge in [0.2, 0.25) is 0 Å². The van der Waals surface area contributed by atoms with E-state index in [1.165, 1.54) is 25.3 Å². The highest BCUT2D eigenvalue weighted by molar-refractivity contribution is 5.65. The Morgan fingerprint density at radius 1 is 1.55 bits per heavy atom. The molecule has 2 N–H and O–H groups in total. The van der Waals surface area contributed by atoms with Gasteiger partial charge in [0.25, 0.3) is 11.6 Å². The van der Waals surface area contributed by atoms with Crippen molar-refractivity contribution < 1.29 is 14.2 Å². The minimum Gasteiger partial charge on any atom is -0.496 e. The van der Waals surface area contributed by atoms with Gasteiger partial charge in [-0.3, -0.25) is 10.1 Å². The Kier molecular flexibility index (Phi) is 3.94. The molecular weight excluding hydrogens is 264 g/mol. The average Bonchev–Trinajstić information content (AvgIpc) is 2.95. The summed E-state index contributed by atoms with van der Waals surface area (Å²) in [5, 5.41) is 14.6. The summed E-state index contributed by atoms with van der Waals surface area (Å²) in [7, 11) is 1.42. The van der Waals surface area contributed by atoms with E-state index in [2.05, 4.69) is 10.1 Å². The van der Waals surface area contributed by atoms with Crippen LogP contribution in [0.3, 0.4) is 0 Å². The molecule has 1 aromatic heterocycles. The van der Waals surface area contributed by atoms with Gasteiger partial charge in [0, 0.05) is 18.5 Å². The maximum Gasteiger partial charge on any atom is 0.273 e. The third-order valence-corrected chi connectivity index (χ3v) is 2.86. The molecule has 0 spiro atoms. The summed E-state index contributed by atoms with van der Waals surface area (Å²) in [5.74, 6) is 1.00. The number of ether oxygens (including phenoxy) is 1. The van der Waals surface area contributed by atoms with Crippen molar-refractivity contribution in [3.05, 3.63) is 34.1 Å². The Hall–Kier alpha value is -2.48. The third kappa shape index (κ3) is 2.59. The number of hydrogen-bond donors (Lipinski definition) is 1. The maximum absolute atomic E-state index is 10.7. The standard InChI is InChI=1S/C12H14N4O4/c1-7(6-13)11-14-12(20-15-11)9-4-3-8(16(17)18)5-10(9)19-2/h3-5,7H,6,13H2,1-2H3. The number of methoxy groups -OCH3 is 1. The van der Waals surface area contributed by atoms with Crippen LogP contribution in [-0.4, -0.2) is 28.7 Å². The first kappa shape index (κ1) is 13.9. The van der Waals surface area contributed by atoms with E-state index in [0.717, 1.165) is 0 Å². The number of benzene rings is 1. The summed E-state index contributed by atoms with van der Waals surface area (Å²) in [6, 6.07) is 4.18. The van der Waals surface area contributed by atoms with Gasteiger partial charge in [-0.2, -0.15) is 4.98 Å². The molecule has 1 unspecified atom stereocenters. The lowest BCUT2D eigenvalue weighted by Gasteiger charge is -2.04. The van der Waals surface area contributed by atoms with E-state index >= 15 is 0 Å². The van der Waals surface area contributed by atoms with Gasteiger partial charge in [-0.15, -0.1) is 0 Å². The third-order valence-electron chi connectivity index (χ3n) is 2.86. The number of hydrogen-bond acceptors (Lipinski definition) is 7. The van der Waals surface area contributed by atoms with Gasteiger partial charge in [-0.05, 0) is 6.07 Å². The Balaban J connectivity index is 2.41. The van der Waals surface area contributed by atoms with Gasteiger partial charge in [0.1, 0.15) is 5.75 Å². The van der Waals surface area contributed by atoms with Crippen molar-refractivity contribution in [3.63, 3.8) is 0 Å². The minimum absolute atomic E-state index is 0.0310. The zero-order valence-corrected chi connectivity index (χ0v) is 11.1. The minimum atomic E-state index is -0.498. The van der Waals surface area contributed by atoms with Crippen molar-refractivity contribution in [2.24, 2.45) is 5.73 Å². The van der Waals surface area contributed by atoms with Gasteiger partial charge < -0.3 is 15.0 Å². The molecule has 0 aliphatic heterocycles. The number of aromatic nitrogens is 2. The summed E-state index contributed by atoms with van der Waals surface area (Å²) in [4.78, 5) is 14.5. The van der Waals surface area contributed by atoms with Crippen LogP contribution in [0.15, 0.2) is 22.7 Å². The molecular formula is C12H14N4O4. The lowest BCUT2D eigenvalue weighted by Crippen LogP contribution is -2.10. The van der Waals surface area contributed by atoms with Gasteiger partial charge in [-0.25, -0.2) is 0 Å². The molecule has 1 heterocycles. The molecule has 0 amide bonds. The molecule has 0 radical (unpaired) electrons. The summed E-state index contributed by atoms with van der Waals surface area (Å²) in [5.41, 5.74) is 5.97. The topological polar surface area (TPSA) is 117 Å². The molecule has 0 fully saturated rings. The molecule has 0 aliphatic rings. The second-order valence-electron chi connectivity index (χ2n) is 4.24. The molecule has 8 nitrogen and oxygen atoms in total. The van der Waals surface area contributed by atoms with Crippen molar-refractivity contribution in [2.45, 2.75) is 12.8 Å². The lowest BCUT2D eigenvalue weighted by atomic mass is 10.1. The normalized spacial score (nSPS) is 12.2. The number of non-ortho nitro benzene ring substituents is 1. The molecule has 0 bridgehead atoms. The second kappa shape index (κ2) is 5.66.